The molecule has 112 valence electrons. The molecular formula is C17H11Cl3O2. The van der Waals surface area contributed by atoms with Crippen molar-refractivity contribution >= 4 is 62.3 Å². The summed E-state index contributed by atoms with van der Waals surface area (Å²) in [5.41, 5.74) is 0.505. The molecule has 0 aliphatic rings. The van der Waals surface area contributed by atoms with E-state index in [1.165, 1.54) is 0 Å². The van der Waals surface area contributed by atoms with Crippen LogP contribution in [0.15, 0.2) is 36.4 Å². The number of rotatable bonds is 2. The molecule has 0 N–H and O–H groups in total. The van der Waals surface area contributed by atoms with Crippen molar-refractivity contribution in [2.24, 2.45) is 0 Å². The van der Waals surface area contributed by atoms with Crippen LogP contribution in [0, 0.1) is 0 Å². The average Bonchev–Trinajstić information content (AvgIpc) is 2.51. The van der Waals surface area contributed by atoms with Gasteiger partial charge in [-0.1, -0.05) is 40.9 Å². The molecule has 5 heteroatoms. The van der Waals surface area contributed by atoms with E-state index in [9.17, 15) is 4.79 Å². The summed E-state index contributed by atoms with van der Waals surface area (Å²) in [6.45, 7) is 2.12. The Hall–Kier alpha value is -1.48. The van der Waals surface area contributed by atoms with Crippen LogP contribution in [0.5, 0.6) is 0 Å². The van der Waals surface area contributed by atoms with Gasteiger partial charge >= 0.3 is 5.97 Å². The molecule has 0 atom stereocenters. The third-order valence-electron chi connectivity index (χ3n) is 3.44. The van der Waals surface area contributed by atoms with Gasteiger partial charge in [0.05, 0.1) is 27.2 Å². The van der Waals surface area contributed by atoms with Gasteiger partial charge in [-0.2, -0.15) is 0 Å². The summed E-state index contributed by atoms with van der Waals surface area (Å²) in [4.78, 5) is 11.8. The second kappa shape index (κ2) is 5.96. The highest BCUT2D eigenvalue weighted by molar-refractivity contribution is 6.48. The van der Waals surface area contributed by atoms with Crippen LogP contribution < -0.4 is 0 Å². The highest BCUT2D eigenvalue weighted by atomic mass is 35.5. The molecule has 0 saturated carbocycles. The highest BCUT2D eigenvalue weighted by Gasteiger charge is 2.12. The Morgan fingerprint density at radius 2 is 1.68 bits per heavy atom. The van der Waals surface area contributed by atoms with Gasteiger partial charge in [-0.15, -0.1) is 0 Å². The quantitative estimate of drug-likeness (QED) is 0.315. The Morgan fingerprint density at radius 3 is 2.41 bits per heavy atom. The lowest BCUT2D eigenvalue weighted by Gasteiger charge is -2.09. The zero-order chi connectivity index (χ0) is 15.9. The van der Waals surface area contributed by atoms with Gasteiger partial charge in [-0.25, -0.2) is 4.79 Å². The van der Waals surface area contributed by atoms with Crippen molar-refractivity contribution in [3.63, 3.8) is 0 Å². The second-order valence-corrected chi connectivity index (χ2v) is 6.03. The molecule has 22 heavy (non-hydrogen) atoms. The third kappa shape index (κ3) is 2.63. The van der Waals surface area contributed by atoms with Crippen LogP contribution in [0.2, 0.25) is 15.1 Å². The lowest BCUT2D eigenvalue weighted by atomic mass is 10.0. The highest BCUT2D eigenvalue weighted by Crippen LogP contribution is 2.38. The normalized spacial score (nSPS) is 11.1. The Bertz CT molecular complexity index is 903. The summed E-state index contributed by atoms with van der Waals surface area (Å²) in [5.74, 6) is -0.343. The average molecular weight is 354 g/mol. The first-order chi connectivity index (χ1) is 10.5. The van der Waals surface area contributed by atoms with Crippen molar-refractivity contribution in [1.82, 2.24) is 0 Å². The van der Waals surface area contributed by atoms with Crippen molar-refractivity contribution in [3.8, 4) is 0 Å². The number of fused-ring (bicyclic) bond motifs is 2. The molecule has 0 aliphatic heterocycles. The molecule has 0 spiro atoms. The minimum atomic E-state index is -0.343. The zero-order valence-electron chi connectivity index (χ0n) is 11.6. The minimum absolute atomic E-state index is 0.342. The van der Waals surface area contributed by atoms with Crippen LogP contribution in [0.1, 0.15) is 17.3 Å². The largest absolute Gasteiger partial charge is 0.462 e. The predicted octanol–water partition coefficient (Wildman–Crippen LogP) is 6.13. The Morgan fingerprint density at radius 1 is 0.955 bits per heavy atom. The van der Waals surface area contributed by atoms with Crippen molar-refractivity contribution in [1.29, 1.82) is 0 Å². The summed E-state index contributed by atoms with van der Waals surface area (Å²) in [7, 11) is 0. The van der Waals surface area contributed by atoms with Gasteiger partial charge < -0.3 is 4.74 Å². The van der Waals surface area contributed by atoms with Crippen LogP contribution in [-0.4, -0.2) is 12.6 Å². The van der Waals surface area contributed by atoms with Crippen molar-refractivity contribution < 1.29 is 9.53 Å². The van der Waals surface area contributed by atoms with Crippen molar-refractivity contribution in [2.45, 2.75) is 6.92 Å². The van der Waals surface area contributed by atoms with E-state index in [1.54, 1.807) is 25.1 Å². The molecule has 3 aromatic carbocycles. The number of hydrogen-bond acceptors (Lipinski definition) is 2. The molecule has 0 unspecified atom stereocenters. The molecule has 0 aliphatic carbocycles. The lowest BCUT2D eigenvalue weighted by molar-refractivity contribution is 0.0526. The van der Waals surface area contributed by atoms with Gasteiger partial charge in [0.2, 0.25) is 0 Å². The number of benzene rings is 3. The Balaban J connectivity index is 2.26. The van der Waals surface area contributed by atoms with Crippen LogP contribution in [0.25, 0.3) is 21.5 Å². The molecule has 0 amide bonds. The molecule has 3 rings (SSSR count). The maximum atomic E-state index is 11.8. The zero-order valence-corrected chi connectivity index (χ0v) is 13.9. The SMILES string of the molecule is CCOC(=O)c1ccc2cc3c(Cl)c(Cl)cc(Cl)c3cc2c1. The first-order valence-electron chi connectivity index (χ1n) is 6.69. The van der Waals surface area contributed by atoms with E-state index in [2.05, 4.69) is 0 Å². The summed E-state index contributed by atoms with van der Waals surface area (Å²) in [6.07, 6.45) is 0. The smallest absolute Gasteiger partial charge is 0.338 e. The fourth-order valence-electron chi connectivity index (χ4n) is 2.40. The van der Waals surface area contributed by atoms with Crippen molar-refractivity contribution in [3.05, 3.63) is 57.0 Å². The van der Waals surface area contributed by atoms with Gasteiger partial charge in [-0.05, 0) is 48.0 Å². The summed E-state index contributed by atoms with van der Waals surface area (Å²) in [5, 5.41) is 4.83. The van der Waals surface area contributed by atoms with Gasteiger partial charge in [0.15, 0.2) is 0 Å². The molecule has 0 bridgehead atoms. The fraction of sp³-hybridized carbons (Fsp3) is 0.118. The number of carbonyl (C=O) groups excluding carboxylic acids is 1. The molecular weight excluding hydrogens is 343 g/mol. The molecule has 0 fully saturated rings. The number of halogens is 3. The Kier molecular flexibility index (Phi) is 4.18. The molecule has 2 nitrogen and oxygen atoms in total. The maximum absolute atomic E-state index is 11.8. The maximum Gasteiger partial charge on any atom is 0.338 e. The monoisotopic (exact) mass is 352 g/mol. The minimum Gasteiger partial charge on any atom is -0.462 e. The van der Waals surface area contributed by atoms with E-state index in [0.717, 1.165) is 21.5 Å². The molecule has 0 heterocycles. The molecule has 0 saturated heterocycles. The second-order valence-electron chi connectivity index (χ2n) is 4.83. The van der Waals surface area contributed by atoms with Gasteiger partial charge in [0.1, 0.15) is 0 Å². The van der Waals surface area contributed by atoms with E-state index < -0.39 is 0 Å². The topological polar surface area (TPSA) is 26.3 Å². The Labute approximate surface area is 142 Å². The number of hydrogen-bond donors (Lipinski definition) is 0. The summed E-state index contributed by atoms with van der Waals surface area (Å²) < 4.78 is 5.02. The first kappa shape index (κ1) is 15.4. The predicted molar refractivity (Wildman–Crippen MR) is 92.4 cm³/mol. The van der Waals surface area contributed by atoms with Crippen LogP contribution in [0.4, 0.5) is 0 Å². The first-order valence-corrected chi connectivity index (χ1v) is 7.82. The molecule has 0 aromatic heterocycles. The van der Waals surface area contributed by atoms with Gasteiger partial charge in [-0.3, -0.25) is 0 Å². The van der Waals surface area contributed by atoms with E-state index >= 15 is 0 Å². The fourth-order valence-corrected chi connectivity index (χ4v) is 3.14. The third-order valence-corrected chi connectivity index (χ3v) is 4.56. The van der Waals surface area contributed by atoms with Gasteiger partial charge in [0.25, 0.3) is 0 Å². The van der Waals surface area contributed by atoms with Gasteiger partial charge in [0, 0.05) is 10.8 Å². The number of carbonyl (C=O) groups is 1. The summed E-state index contributed by atoms with van der Waals surface area (Å²) >= 11 is 18.6. The van der Waals surface area contributed by atoms with E-state index in [-0.39, 0.29) is 5.97 Å². The summed E-state index contributed by atoms with van der Waals surface area (Å²) in [6, 6.07) is 10.8. The molecule has 0 radical (unpaired) electrons. The van der Waals surface area contributed by atoms with Crippen LogP contribution in [0.3, 0.4) is 0 Å². The van der Waals surface area contributed by atoms with E-state index in [0.29, 0.717) is 27.2 Å². The van der Waals surface area contributed by atoms with E-state index in [1.807, 2.05) is 18.2 Å². The molecule has 3 aromatic rings. The number of ether oxygens (including phenoxy) is 1. The van der Waals surface area contributed by atoms with E-state index in [4.69, 9.17) is 39.5 Å². The van der Waals surface area contributed by atoms with Crippen LogP contribution in [-0.2, 0) is 4.74 Å². The standard InChI is InChI=1S/C17H11Cl3O2/c1-2-22-17(21)10-4-3-9-6-13-12(7-11(9)5-10)14(18)8-15(19)16(13)20/h3-8H,2H2,1H3. The lowest BCUT2D eigenvalue weighted by Crippen LogP contribution is -2.04. The number of esters is 1. The van der Waals surface area contributed by atoms with Crippen molar-refractivity contribution in [2.75, 3.05) is 6.61 Å². The van der Waals surface area contributed by atoms with Crippen LogP contribution >= 0.6 is 34.8 Å².